The van der Waals surface area contributed by atoms with Crippen LogP contribution in [0, 0.1) is 0 Å². The van der Waals surface area contributed by atoms with Crippen molar-refractivity contribution in [2.24, 2.45) is 4.99 Å². The van der Waals surface area contributed by atoms with E-state index in [1.807, 2.05) is 24.3 Å². The molecule has 2 aromatic carbocycles. The summed E-state index contributed by atoms with van der Waals surface area (Å²) in [7, 11) is 0. The Morgan fingerprint density at radius 3 is 2.33 bits per heavy atom. The maximum absolute atomic E-state index is 5.98. The zero-order chi connectivity index (χ0) is 14.5. The van der Waals surface area contributed by atoms with Crippen molar-refractivity contribution in [2.75, 3.05) is 0 Å². The van der Waals surface area contributed by atoms with Crippen LogP contribution in [0.4, 0.5) is 0 Å². The molecular weight excluding hydrogens is 258 g/mol. The van der Waals surface area contributed by atoms with Crippen molar-refractivity contribution in [3.8, 4) is 0 Å². The largest absolute Gasteiger partial charge is 0.368 e. The Morgan fingerprint density at radius 1 is 1.05 bits per heavy atom. The molecule has 1 fully saturated rings. The lowest BCUT2D eigenvalue weighted by Crippen LogP contribution is -2.34. The van der Waals surface area contributed by atoms with Crippen molar-refractivity contribution >= 4 is 5.71 Å². The molecule has 2 nitrogen and oxygen atoms in total. The van der Waals surface area contributed by atoms with E-state index in [0.717, 1.165) is 12.8 Å². The zero-order valence-corrected chi connectivity index (χ0v) is 12.4. The third-order valence-electron chi connectivity index (χ3n) is 3.97. The van der Waals surface area contributed by atoms with Gasteiger partial charge in [-0.25, -0.2) is 0 Å². The number of hydrogen-bond donors (Lipinski definition) is 0. The summed E-state index contributed by atoms with van der Waals surface area (Å²) >= 11 is 0. The Kier molecular flexibility index (Phi) is 4.46. The first-order valence-electron chi connectivity index (χ1n) is 7.60. The van der Waals surface area contributed by atoms with E-state index in [4.69, 9.17) is 9.73 Å². The maximum atomic E-state index is 5.98. The highest BCUT2D eigenvalue weighted by molar-refractivity contribution is 5.94. The van der Waals surface area contributed by atoms with Gasteiger partial charge in [-0.2, -0.15) is 0 Å². The van der Waals surface area contributed by atoms with Crippen LogP contribution in [-0.4, -0.2) is 11.8 Å². The van der Waals surface area contributed by atoms with E-state index in [9.17, 15) is 0 Å². The van der Waals surface area contributed by atoms with Gasteiger partial charge in [-0.3, -0.25) is 4.99 Å². The molecule has 2 heteroatoms. The maximum Gasteiger partial charge on any atom is 0.0959 e. The molecule has 0 aromatic heterocycles. The van der Waals surface area contributed by atoms with Gasteiger partial charge in [0.25, 0.3) is 0 Å². The van der Waals surface area contributed by atoms with Gasteiger partial charge >= 0.3 is 0 Å². The third-order valence-corrected chi connectivity index (χ3v) is 3.97. The smallest absolute Gasteiger partial charge is 0.0959 e. The number of benzene rings is 2. The number of aliphatic imine (C=N–C) groups is 1. The summed E-state index contributed by atoms with van der Waals surface area (Å²) in [6, 6.07) is 21.0. The Labute approximate surface area is 126 Å². The molecule has 0 radical (unpaired) electrons. The SMILES string of the molecule is C[C@@H](N=C1CC[C@@H]1OCc1ccccc1)c1ccccc1. The van der Waals surface area contributed by atoms with Gasteiger partial charge in [0.1, 0.15) is 0 Å². The van der Waals surface area contributed by atoms with Crippen LogP contribution in [0.5, 0.6) is 0 Å². The van der Waals surface area contributed by atoms with Crippen LogP contribution in [0.3, 0.4) is 0 Å². The first-order valence-corrected chi connectivity index (χ1v) is 7.60. The van der Waals surface area contributed by atoms with Gasteiger partial charge in [-0.05, 0) is 30.9 Å². The minimum Gasteiger partial charge on any atom is -0.368 e. The summed E-state index contributed by atoms with van der Waals surface area (Å²) in [4.78, 5) is 4.84. The Balaban J connectivity index is 1.58. The molecule has 1 aliphatic carbocycles. The number of ether oxygens (including phenoxy) is 1. The molecule has 0 aliphatic heterocycles. The third kappa shape index (κ3) is 3.59. The fourth-order valence-corrected chi connectivity index (χ4v) is 2.54. The van der Waals surface area contributed by atoms with Crippen molar-refractivity contribution in [1.82, 2.24) is 0 Å². The fraction of sp³-hybridized carbons (Fsp3) is 0.316. The molecular formula is C19H21NO. The standard InChI is InChI=1S/C19H21NO/c1-15(17-10-6-3-7-11-17)20-18-12-13-19(18)21-14-16-8-4-2-5-9-16/h2-11,15,19H,12-14H2,1H3/t15-,19+/m1/s1. The highest BCUT2D eigenvalue weighted by Crippen LogP contribution is 2.26. The van der Waals surface area contributed by atoms with Gasteiger partial charge in [0.05, 0.1) is 18.8 Å². The second kappa shape index (κ2) is 6.68. The molecule has 0 spiro atoms. The topological polar surface area (TPSA) is 21.6 Å². The van der Waals surface area contributed by atoms with Crippen LogP contribution in [0.1, 0.15) is 36.9 Å². The summed E-state index contributed by atoms with van der Waals surface area (Å²) in [5.74, 6) is 0. The van der Waals surface area contributed by atoms with Gasteiger partial charge in [-0.15, -0.1) is 0 Å². The second-order valence-corrected chi connectivity index (χ2v) is 5.53. The molecule has 0 bridgehead atoms. The predicted octanol–water partition coefficient (Wildman–Crippen LogP) is 4.57. The summed E-state index contributed by atoms with van der Waals surface area (Å²) in [6.45, 7) is 2.82. The fourth-order valence-electron chi connectivity index (χ4n) is 2.54. The zero-order valence-electron chi connectivity index (χ0n) is 12.4. The lowest BCUT2D eigenvalue weighted by Gasteiger charge is -2.29. The van der Waals surface area contributed by atoms with Gasteiger partial charge in [0, 0.05) is 5.71 Å². The van der Waals surface area contributed by atoms with E-state index < -0.39 is 0 Å². The highest BCUT2D eigenvalue weighted by atomic mass is 16.5. The van der Waals surface area contributed by atoms with E-state index in [-0.39, 0.29) is 12.1 Å². The normalized spacial score (nSPS) is 21.0. The minimum atomic E-state index is 0.205. The number of nitrogens with zero attached hydrogens (tertiary/aromatic N) is 1. The molecule has 0 unspecified atom stereocenters. The van der Waals surface area contributed by atoms with Crippen LogP contribution in [0.15, 0.2) is 65.7 Å². The molecule has 1 saturated carbocycles. The second-order valence-electron chi connectivity index (χ2n) is 5.53. The van der Waals surface area contributed by atoms with Gasteiger partial charge in [0.2, 0.25) is 0 Å². The van der Waals surface area contributed by atoms with E-state index in [1.54, 1.807) is 0 Å². The van der Waals surface area contributed by atoms with E-state index in [1.165, 1.54) is 16.8 Å². The lowest BCUT2D eigenvalue weighted by atomic mass is 9.92. The van der Waals surface area contributed by atoms with Gasteiger partial charge in [-0.1, -0.05) is 60.7 Å². The van der Waals surface area contributed by atoms with Crippen molar-refractivity contribution in [3.63, 3.8) is 0 Å². The summed E-state index contributed by atoms with van der Waals surface area (Å²) in [5, 5.41) is 0. The molecule has 108 valence electrons. The molecule has 0 amide bonds. The Bertz CT molecular complexity index is 591. The highest BCUT2D eigenvalue weighted by Gasteiger charge is 2.27. The summed E-state index contributed by atoms with van der Waals surface area (Å²) in [5.41, 5.74) is 3.70. The van der Waals surface area contributed by atoms with Crippen molar-refractivity contribution < 1.29 is 4.74 Å². The minimum absolute atomic E-state index is 0.205. The first kappa shape index (κ1) is 14.0. The van der Waals surface area contributed by atoms with Gasteiger partial charge < -0.3 is 4.74 Å². The van der Waals surface area contributed by atoms with Crippen molar-refractivity contribution in [2.45, 2.75) is 38.5 Å². The number of rotatable bonds is 5. The van der Waals surface area contributed by atoms with Crippen LogP contribution in [0.25, 0.3) is 0 Å². The van der Waals surface area contributed by atoms with E-state index in [2.05, 4.69) is 43.3 Å². The molecule has 21 heavy (non-hydrogen) atoms. The molecule has 0 N–H and O–H groups in total. The average molecular weight is 279 g/mol. The average Bonchev–Trinajstić information content (AvgIpc) is 2.53. The van der Waals surface area contributed by atoms with Crippen LogP contribution in [0.2, 0.25) is 0 Å². The van der Waals surface area contributed by atoms with E-state index in [0.29, 0.717) is 6.61 Å². The summed E-state index contributed by atoms with van der Waals surface area (Å²) < 4.78 is 5.98. The molecule has 0 saturated heterocycles. The van der Waals surface area contributed by atoms with Crippen molar-refractivity contribution in [1.29, 1.82) is 0 Å². The summed E-state index contributed by atoms with van der Waals surface area (Å²) in [6.07, 6.45) is 2.36. The molecule has 0 heterocycles. The monoisotopic (exact) mass is 279 g/mol. The molecule has 2 atom stereocenters. The van der Waals surface area contributed by atoms with E-state index >= 15 is 0 Å². The van der Waals surface area contributed by atoms with Gasteiger partial charge in [0.15, 0.2) is 0 Å². The Morgan fingerprint density at radius 2 is 1.71 bits per heavy atom. The molecule has 1 aliphatic rings. The predicted molar refractivity (Wildman–Crippen MR) is 86.5 cm³/mol. The van der Waals surface area contributed by atoms with Crippen molar-refractivity contribution in [3.05, 3.63) is 71.8 Å². The molecule has 3 rings (SSSR count). The lowest BCUT2D eigenvalue weighted by molar-refractivity contribution is 0.0623. The van der Waals surface area contributed by atoms with Crippen LogP contribution >= 0.6 is 0 Å². The molecule has 2 aromatic rings. The Hall–Kier alpha value is -1.93. The number of hydrogen-bond acceptors (Lipinski definition) is 2. The van der Waals surface area contributed by atoms with Crippen LogP contribution in [-0.2, 0) is 11.3 Å². The first-order chi connectivity index (χ1) is 10.3. The quantitative estimate of drug-likeness (QED) is 0.785. The van der Waals surface area contributed by atoms with Crippen LogP contribution < -0.4 is 0 Å².